The summed E-state index contributed by atoms with van der Waals surface area (Å²) in [6.07, 6.45) is 6.33. The highest BCUT2D eigenvalue weighted by atomic mass is 35.5. The number of aryl methyl sites for hydroxylation is 1. The average Bonchev–Trinajstić information content (AvgIpc) is 3.10. The van der Waals surface area contributed by atoms with Gasteiger partial charge in [0.25, 0.3) is 0 Å². The Balaban J connectivity index is 1.66. The number of anilines is 1. The number of piperidine rings is 1. The quantitative estimate of drug-likeness (QED) is 0.673. The maximum Gasteiger partial charge on any atom is 0.153 e. The minimum absolute atomic E-state index is 0.199. The van der Waals surface area contributed by atoms with E-state index in [9.17, 15) is 5.11 Å². The summed E-state index contributed by atoms with van der Waals surface area (Å²) < 4.78 is 0. The van der Waals surface area contributed by atoms with Crippen LogP contribution in [0.3, 0.4) is 0 Å². The summed E-state index contributed by atoms with van der Waals surface area (Å²) in [4.78, 5) is 11.8. The van der Waals surface area contributed by atoms with E-state index in [4.69, 9.17) is 38.4 Å². The summed E-state index contributed by atoms with van der Waals surface area (Å²) in [5.41, 5.74) is 3.26. The molecule has 1 aliphatic carbocycles. The number of nitriles is 1. The fourth-order valence-corrected chi connectivity index (χ4v) is 5.66. The van der Waals surface area contributed by atoms with E-state index in [0.29, 0.717) is 27.9 Å². The number of aliphatic hydroxyl groups is 1. The fraction of sp³-hybridized carbons (Fsp3) is 0.522. The molecule has 0 radical (unpaired) electrons. The van der Waals surface area contributed by atoms with Crippen molar-refractivity contribution in [3.8, 4) is 17.3 Å². The zero-order chi connectivity index (χ0) is 21.5. The van der Waals surface area contributed by atoms with Crippen molar-refractivity contribution in [2.75, 3.05) is 18.0 Å². The van der Waals surface area contributed by atoms with Crippen LogP contribution in [0.15, 0.2) is 12.1 Å². The molecule has 30 heavy (non-hydrogen) atoms. The van der Waals surface area contributed by atoms with E-state index >= 15 is 0 Å². The third kappa shape index (κ3) is 3.56. The standard InChI is InChI=1S/C23H26Cl2N4O/c1-14-4-3-7-23(14)8-10-29(11-9-23)22-18(13-30)28-21(15(2)27-22)17-6-5-16(12-26)19(24)20(17)25/h5-6,14,30H,3-4,7-11,13H2,1-2H3/t14-/m1/s1. The maximum atomic E-state index is 10.0. The van der Waals surface area contributed by atoms with E-state index in [-0.39, 0.29) is 16.7 Å². The fourth-order valence-electron chi connectivity index (χ4n) is 5.19. The van der Waals surface area contributed by atoms with Crippen LogP contribution in [-0.2, 0) is 6.61 Å². The molecule has 4 rings (SSSR count). The van der Waals surface area contributed by atoms with Gasteiger partial charge in [0, 0.05) is 18.7 Å². The van der Waals surface area contributed by atoms with Gasteiger partial charge in [-0.1, -0.05) is 43.0 Å². The highest BCUT2D eigenvalue weighted by molar-refractivity contribution is 6.44. The van der Waals surface area contributed by atoms with Crippen LogP contribution in [0.2, 0.25) is 10.0 Å². The molecule has 1 spiro atoms. The van der Waals surface area contributed by atoms with Crippen LogP contribution in [0.25, 0.3) is 11.3 Å². The monoisotopic (exact) mass is 444 g/mol. The van der Waals surface area contributed by atoms with E-state index in [2.05, 4.69) is 11.8 Å². The van der Waals surface area contributed by atoms with Gasteiger partial charge in [0.05, 0.1) is 33.6 Å². The second-order valence-corrected chi connectivity index (χ2v) is 9.39. The van der Waals surface area contributed by atoms with Crippen molar-refractivity contribution in [1.29, 1.82) is 5.26 Å². The smallest absolute Gasteiger partial charge is 0.153 e. The minimum atomic E-state index is -0.199. The van der Waals surface area contributed by atoms with Crippen molar-refractivity contribution < 1.29 is 5.11 Å². The van der Waals surface area contributed by atoms with Gasteiger partial charge in [-0.25, -0.2) is 9.97 Å². The Morgan fingerprint density at radius 2 is 1.93 bits per heavy atom. The van der Waals surface area contributed by atoms with E-state index in [1.54, 1.807) is 12.1 Å². The lowest BCUT2D eigenvalue weighted by Gasteiger charge is -2.43. The number of nitrogens with zero attached hydrogens (tertiary/aromatic N) is 4. The molecule has 2 heterocycles. The molecule has 1 aliphatic heterocycles. The molecule has 2 aliphatic rings. The van der Waals surface area contributed by atoms with Gasteiger partial charge < -0.3 is 10.0 Å². The molecule has 0 amide bonds. The Labute approximate surface area is 187 Å². The highest BCUT2D eigenvalue weighted by Gasteiger charge is 2.42. The molecule has 1 N–H and O–H groups in total. The predicted molar refractivity (Wildman–Crippen MR) is 120 cm³/mol. The predicted octanol–water partition coefficient (Wildman–Crippen LogP) is 5.53. The Morgan fingerprint density at radius 3 is 2.53 bits per heavy atom. The number of hydrogen-bond donors (Lipinski definition) is 1. The van der Waals surface area contributed by atoms with Gasteiger partial charge in [0.2, 0.25) is 0 Å². The first-order valence-electron chi connectivity index (χ1n) is 10.5. The van der Waals surface area contributed by atoms with Crippen molar-refractivity contribution in [3.63, 3.8) is 0 Å². The summed E-state index contributed by atoms with van der Waals surface area (Å²) in [6, 6.07) is 5.39. The number of hydrogen-bond acceptors (Lipinski definition) is 5. The van der Waals surface area contributed by atoms with Crippen LogP contribution < -0.4 is 4.90 Å². The van der Waals surface area contributed by atoms with Crippen molar-refractivity contribution in [3.05, 3.63) is 39.1 Å². The number of benzene rings is 1. The van der Waals surface area contributed by atoms with E-state index in [0.717, 1.165) is 30.5 Å². The summed E-state index contributed by atoms with van der Waals surface area (Å²) >= 11 is 12.7. The number of aliphatic hydroxyl groups excluding tert-OH is 1. The van der Waals surface area contributed by atoms with Crippen molar-refractivity contribution in [2.24, 2.45) is 11.3 Å². The van der Waals surface area contributed by atoms with Crippen molar-refractivity contribution >= 4 is 29.0 Å². The van der Waals surface area contributed by atoms with Gasteiger partial charge >= 0.3 is 0 Å². The molecule has 0 bridgehead atoms. The molecular weight excluding hydrogens is 419 g/mol. The zero-order valence-electron chi connectivity index (χ0n) is 17.4. The summed E-state index contributed by atoms with van der Waals surface area (Å²) in [5.74, 6) is 1.55. The van der Waals surface area contributed by atoms with Crippen LogP contribution in [0.5, 0.6) is 0 Å². The highest BCUT2D eigenvalue weighted by Crippen LogP contribution is 2.50. The summed E-state index contributed by atoms with van der Waals surface area (Å²) in [6.45, 7) is 5.96. The van der Waals surface area contributed by atoms with Crippen LogP contribution in [-0.4, -0.2) is 28.2 Å². The van der Waals surface area contributed by atoms with Crippen LogP contribution >= 0.6 is 23.2 Å². The van der Waals surface area contributed by atoms with Crippen LogP contribution in [0.1, 0.15) is 56.0 Å². The Hall–Kier alpha value is -1.87. The van der Waals surface area contributed by atoms with E-state index in [1.807, 2.05) is 13.0 Å². The molecule has 7 heteroatoms. The first kappa shape index (κ1) is 21.4. The number of halogens is 2. The number of aromatic nitrogens is 2. The molecule has 2 aromatic rings. The zero-order valence-corrected chi connectivity index (χ0v) is 18.9. The molecule has 5 nitrogen and oxygen atoms in total. The molecular formula is C23H26Cl2N4O. The van der Waals surface area contributed by atoms with Crippen LogP contribution in [0, 0.1) is 29.6 Å². The average molecular weight is 445 g/mol. The van der Waals surface area contributed by atoms with Crippen molar-refractivity contribution in [2.45, 2.75) is 52.6 Å². The second kappa shape index (κ2) is 8.34. The molecule has 0 unspecified atom stereocenters. The Bertz CT molecular complexity index is 1010. The lowest BCUT2D eigenvalue weighted by atomic mass is 9.71. The molecule has 2 fully saturated rings. The molecule has 1 saturated heterocycles. The summed E-state index contributed by atoms with van der Waals surface area (Å²) in [5, 5.41) is 19.7. The van der Waals surface area contributed by atoms with Gasteiger partial charge in [-0.2, -0.15) is 5.26 Å². The topological polar surface area (TPSA) is 73.0 Å². The third-order valence-corrected chi connectivity index (χ3v) is 8.03. The van der Waals surface area contributed by atoms with Gasteiger partial charge in [-0.15, -0.1) is 0 Å². The minimum Gasteiger partial charge on any atom is -0.390 e. The third-order valence-electron chi connectivity index (χ3n) is 7.14. The maximum absolute atomic E-state index is 10.0. The van der Waals surface area contributed by atoms with Gasteiger partial charge in [-0.3, -0.25) is 0 Å². The molecule has 1 saturated carbocycles. The van der Waals surface area contributed by atoms with Gasteiger partial charge in [0.1, 0.15) is 11.8 Å². The van der Waals surface area contributed by atoms with Crippen LogP contribution in [0.4, 0.5) is 5.82 Å². The van der Waals surface area contributed by atoms with Gasteiger partial charge in [-0.05, 0) is 49.7 Å². The molecule has 1 atom stereocenters. The first-order chi connectivity index (χ1) is 14.4. The second-order valence-electron chi connectivity index (χ2n) is 8.63. The van der Waals surface area contributed by atoms with Crippen molar-refractivity contribution in [1.82, 2.24) is 9.97 Å². The molecule has 1 aromatic heterocycles. The normalized spacial score (nSPS) is 20.5. The largest absolute Gasteiger partial charge is 0.390 e. The van der Waals surface area contributed by atoms with E-state index < -0.39 is 0 Å². The molecule has 1 aromatic carbocycles. The lowest BCUT2D eigenvalue weighted by molar-refractivity contribution is 0.161. The SMILES string of the molecule is Cc1nc(N2CCC3(CCC[C@H]3C)CC2)c(CO)nc1-c1ccc(C#N)c(Cl)c1Cl. The molecule has 158 valence electrons. The van der Waals surface area contributed by atoms with E-state index in [1.165, 1.54) is 32.1 Å². The Kier molecular flexibility index (Phi) is 5.94. The summed E-state index contributed by atoms with van der Waals surface area (Å²) in [7, 11) is 0. The Morgan fingerprint density at radius 1 is 1.20 bits per heavy atom. The van der Waals surface area contributed by atoms with Gasteiger partial charge in [0.15, 0.2) is 5.82 Å². The first-order valence-corrected chi connectivity index (χ1v) is 11.3. The lowest BCUT2D eigenvalue weighted by Crippen LogP contribution is -2.42. The number of rotatable bonds is 3.